The van der Waals surface area contributed by atoms with Crippen molar-refractivity contribution in [1.29, 1.82) is 0 Å². The van der Waals surface area contributed by atoms with Crippen LogP contribution in [0.4, 0.5) is 13.6 Å². The number of likely N-dealkylation sites (tertiary alicyclic amines) is 1. The number of hydrogen-bond donors (Lipinski definition) is 0. The molecule has 1 saturated heterocycles. The summed E-state index contributed by atoms with van der Waals surface area (Å²) in [5.41, 5.74) is -0.569. The third-order valence-corrected chi connectivity index (χ3v) is 2.23. The molecule has 1 heterocycles. The summed E-state index contributed by atoms with van der Waals surface area (Å²) in [7, 11) is 0. The van der Waals surface area contributed by atoms with Crippen LogP contribution in [0.3, 0.4) is 0 Å². The van der Waals surface area contributed by atoms with E-state index in [2.05, 4.69) is 0 Å². The van der Waals surface area contributed by atoms with Gasteiger partial charge in [-0.1, -0.05) is 0 Å². The highest BCUT2D eigenvalue weighted by atomic mass is 19.3. The van der Waals surface area contributed by atoms with E-state index in [0.717, 1.165) is 0 Å². The molecule has 0 bridgehead atoms. The number of carbonyl (C=O) groups excluding carboxylic acids is 1. The maximum absolute atomic E-state index is 12.3. The smallest absolute Gasteiger partial charge is 0.410 e. The van der Waals surface area contributed by atoms with E-state index >= 15 is 0 Å². The molecular weight excluding hydrogens is 204 g/mol. The molecule has 0 saturated carbocycles. The molecule has 1 aliphatic rings. The molecule has 0 radical (unpaired) electrons. The van der Waals surface area contributed by atoms with Crippen LogP contribution in [-0.2, 0) is 4.74 Å². The van der Waals surface area contributed by atoms with Crippen molar-refractivity contribution in [2.45, 2.75) is 39.2 Å². The highest BCUT2D eigenvalue weighted by Crippen LogP contribution is 2.24. The molecule has 0 N–H and O–H groups in total. The molecule has 1 rings (SSSR count). The molecule has 0 aromatic carbocycles. The van der Waals surface area contributed by atoms with Crippen LogP contribution in [0, 0.1) is 5.92 Å². The van der Waals surface area contributed by atoms with Gasteiger partial charge in [-0.25, -0.2) is 13.6 Å². The maximum atomic E-state index is 12.3. The number of ether oxygens (including phenoxy) is 1. The molecule has 15 heavy (non-hydrogen) atoms. The topological polar surface area (TPSA) is 29.5 Å². The molecule has 1 fully saturated rings. The molecule has 3 nitrogen and oxygen atoms in total. The number of alkyl halides is 2. The van der Waals surface area contributed by atoms with Gasteiger partial charge in [0.1, 0.15) is 5.60 Å². The predicted molar refractivity (Wildman–Crippen MR) is 51.9 cm³/mol. The van der Waals surface area contributed by atoms with E-state index in [0.29, 0.717) is 13.0 Å². The summed E-state index contributed by atoms with van der Waals surface area (Å²) in [5, 5.41) is 0. The van der Waals surface area contributed by atoms with Crippen molar-refractivity contribution in [2.24, 2.45) is 5.92 Å². The molecule has 5 heteroatoms. The number of amides is 1. The summed E-state index contributed by atoms with van der Waals surface area (Å²) in [6.07, 6.45) is -2.49. The molecule has 1 amide bonds. The lowest BCUT2D eigenvalue weighted by atomic mass is 10.1. The van der Waals surface area contributed by atoms with Crippen molar-refractivity contribution < 1.29 is 18.3 Å². The lowest BCUT2D eigenvalue weighted by Gasteiger charge is -2.24. The Morgan fingerprint density at radius 2 is 2.07 bits per heavy atom. The van der Waals surface area contributed by atoms with Crippen LogP contribution < -0.4 is 0 Å². The van der Waals surface area contributed by atoms with Crippen molar-refractivity contribution in [3.8, 4) is 0 Å². The molecule has 88 valence electrons. The van der Waals surface area contributed by atoms with Crippen LogP contribution in [0.5, 0.6) is 0 Å². The van der Waals surface area contributed by atoms with E-state index in [1.807, 2.05) is 0 Å². The van der Waals surface area contributed by atoms with Gasteiger partial charge in [0.15, 0.2) is 0 Å². The first kappa shape index (κ1) is 12.2. The number of nitrogens with zero attached hydrogens (tertiary/aromatic N) is 1. The quantitative estimate of drug-likeness (QED) is 0.681. The lowest BCUT2D eigenvalue weighted by Crippen LogP contribution is -2.35. The van der Waals surface area contributed by atoms with Gasteiger partial charge in [0, 0.05) is 19.0 Å². The van der Waals surface area contributed by atoms with Crippen LogP contribution in [0.15, 0.2) is 0 Å². The zero-order chi connectivity index (χ0) is 11.6. The molecule has 1 aliphatic heterocycles. The van der Waals surface area contributed by atoms with E-state index in [1.54, 1.807) is 20.8 Å². The van der Waals surface area contributed by atoms with Crippen molar-refractivity contribution in [2.75, 3.05) is 13.1 Å². The monoisotopic (exact) mass is 221 g/mol. The van der Waals surface area contributed by atoms with Crippen molar-refractivity contribution >= 4 is 6.09 Å². The number of hydrogen-bond acceptors (Lipinski definition) is 2. The normalized spacial score (nSPS) is 22.3. The average Bonchev–Trinajstić information content (AvgIpc) is 2.47. The Morgan fingerprint density at radius 1 is 1.47 bits per heavy atom. The minimum absolute atomic E-state index is 0.104. The summed E-state index contributed by atoms with van der Waals surface area (Å²) in [6, 6.07) is 0. The highest BCUT2D eigenvalue weighted by molar-refractivity contribution is 5.68. The van der Waals surface area contributed by atoms with Gasteiger partial charge in [0.25, 0.3) is 0 Å². The third kappa shape index (κ3) is 3.64. The van der Waals surface area contributed by atoms with Crippen LogP contribution in [0.25, 0.3) is 0 Å². The van der Waals surface area contributed by atoms with E-state index in [9.17, 15) is 13.6 Å². The molecule has 0 aliphatic carbocycles. The van der Waals surface area contributed by atoms with Gasteiger partial charge in [-0.15, -0.1) is 0 Å². The zero-order valence-electron chi connectivity index (χ0n) is 9.30. The van der Waals surface area contributed by atoms with Crippen LogP contribution in [-0.4, -0.2) is 36.1 Å². The summed E-state index contributed by atoms with van der Waals surface area (Å²) >= 11 is 0. The summed E-state index contributed by atoms with van der Waals surface area (Å²) in [4.78, 5) is 12.8. The fourth-order valence-electron chi connectivity index (χ4n) is 1.49. The Labute approximate surface area is 88.4 Å². The Kier molecular flexibility index (Phi) is 3.52. The molecule has 1 atom stereocenters. The second-order valence-electron chi connectivity index (χ2n) is 4.81. The number of halogens is 2. The van der Waals surface area contributed by atoms with Gasteiger partial charge in [-0.3, -0.25) is 0 Å². The van der Waals surface area contributed by atoms with Crippen molar-refractivity contribution in [3.63, 3.8) is 0 Å². The van der Waals surface area contributed by atoms with Gasteiger partial charge >= 0.3 is 6.09 Å². The first-order valence-corrected chi connectivity index (χ1v) is 5.05. The summed E-state index contributed by atoms with van der Waals surface area (Å²) in [5.74, 6) is -0.697. The van der Waals surface area contributed by atoms with Crippen LogP contribution in [0.1, 0.15) is 27.2 Å². The van der Waals surface area contributed by atoms with E-state index < -0.39 is 24.0 Å². The van der Waals surface area contributed by atoms with Crippen molar-refractivity contribution in [1.82, 2.24) is 4.90 Å². The fraction of sp³-hybridized carbons (Fsp3) is 0.900. The van der Waals surface area contributed by atoms with Gasteiger partial charge in [-0.05, 0) is 27.2 Å². The van der Waals surface area contributed by atoms with E-state index in [1.165, 1.54) is 4.90 Å². The average molecular weight is 221 g/mol. The van der Waals surface area contributed by atoms with Crippen LogP contribution >= 0.6 is 0 Å². The van der Waals surface area contributed by atoms with Gasteiger partial charge in [0.2, 0.25) is 6.43 Å². The van der Waals surface area contributed by atoms with Gasteiger partial charge in [0.05, 0.1) is 0 Å². The second kappa shape index (κ2) is 4.33. The minimum Gasteiger partial charge on any atom is -0.444 e. The highest BCUT2D eigenvalue weighted by Gasteiger charge is 2.34. The fourth-order valence-corrected chi connectivity index (χ4v) is 1.49. The Balaban J connectivity index is 2.44. The molecule has 0 unspecified atom stereocenters. The third-order valence-electron chi connectivity index (χ3n) is 2.23. The molecule has 0 spiro atoms. The number of rotatable bonds is 1. The minimum atomic E-state index is -2.35. The first-order chi connectivity index (χ1) is 6.79. The standard InChI is InChI=1S/C10H17F2NO2/c1-10(2,3)15-9(14)13-5-4-7(6-13)8(11)12/h7-8H,4-6H2,1-3H3/t7-/m0/s1. The van der Waals surface area contributed by atoms with Gasteiger partial charge < -0.3 is 9.64 Å². The predicted octanol–water partition coefficient (Wildman–Crippen LogP) is 2.51. The van der Waals surface area contributed by atoms with Crippen molar-refractivity contribution in [3.05, 3.63) is 0 Å². The van der Waals surface area contributed by atoms with E-state index in [-0.39, 0.29) is 6.54 Å². The Hall–Kier alpha value is -0.870. The summed E-state index contributed by atoms with van der Waals surface area (Å²) < 4.78 is 29.8. The molecular formula is C10H17F2NO2. The summed E-state index contributed by atoms with van der Waals surface area (Å²) in [6.45, 7) is 5.74. The second-order valence-corrected chi connectivity index (χ2v) is 4.81. The molecule has 0 aromatic heterocycles. The Morgan fingerprint density at radius 3 is 2.47 bits per heavy atom. The largest absolute Gasteiger partial charge is 0.444 e. The Bertz CT molecular complexity index is 238. The first-order valence-electron chi connectivity index (χ1n) is 5.05. The SMILES string of the molecule is CC(C)(C)OC(=O)N1CC[C@H](C(F)F)C1. The van der Waals surface area contributed by atoms with E-state index in [4.69, 9.17) is 4.74 Å². The lowest BCUT2D eigenvalue weighted by molar-refractivity contribution is 0.0255. The number of carbonyl (C=O) groups is 1. The maximum Gasteiger partial charge on any atom is 0.410 e. The van der Waals surface area contributed by atoms with Gasteiger partial charge in [-0.2, -0.15) is 0 Å². The zero-order valence-corrected chi connectivity index (χ0v) is 9.30. The van der Waals surface area contributed by atoms with Crippen LogP contribution in [0.2, 0.25) is 0 Å². The molecule has 0 aromatic rings.